The second-order valence-corrected chi connectivity index (χ2v) is 4.78. The summed E-state index contributed by atoms with van der Waals surface area (Å²) in [7, 11) is 0. The molecule has 0 amide bonds. The smallest absolute Gasteiger partial charge is 0.331 e. The highest BCUT2D eigenvalue weighted by Crippen LogP contribution is 2.28. The van der Waals surface area contributed by atoms with Gasteiger partial charge in [-0.2, -0.15) is 0 Å². The maximum Gasteiger partial charge on any atom is 0.331 e. The van der Waals surface area contributed by atoms with Gasteiger partial charge in [-0.05, 0) is 31.3 Å². The van der Waals surface area contributed by atoms with Crippen LogP contribution in [0.3, 0.4) is 0 Å². The predicted molar refractivity (Wildman–Crippen MR) is 68.0 cm³/mol. The van der Waals surface area contributed by atoms with E-state index in [-0.39, 0.29) is 0 Å². The summed E-state index contributed by atoms with van der Waals surface area (Å²) in [6, 6.07) is 0. The Balaban J connectivity index is 2.32. The van der Waals surface area contributed by atoms with Crippen LogP contribution in [-0.2, 0) is 9.53 Å². The maximum absolute atomic E-state index is 10.8. The van der Waals surface area contributed by atoms with Crippen LogP contribution in [-0.4, -0.2) is 23.8 Å². The summed E-state index contributed by atoms with van der Waals surface area (Å²) in [4.78, 5) is 10.8. The molecule has 98 valence electrons. The van der Waals surface area contributed by atoms with Crippen LogP contribution in [0, 0.1) is 5.92 Å². The molecule has 1 N–H and O–H groups in total. The van der Waals surface area contributed by atoms with E-state index < -0.39 is 5.97 Å². The molecule has 0 radical (unpaired) electrons. The minimum atomic E-state index is -0.828. The lowest BCUT2D eigenvalue weighted by Crippen LogP contribution is -2.22. The number of carboxylic acid groups (broad SMARTS) is 1. The molecule has 1 rings (SSSR count). The Labute approximate surface area is 104 Å². The molecular weight excluding hydrogens is 216 g/mol. The van der Waals surface area contributed by atoms with Gasteiger partial charge in [0.25, 0.3) is 0 Å². The van der Waals surface area contributed by atoms with E-state index in [1.165, 1.54) is 19.3 Å². The van der Waals surface area contributed by atoms with Crippen molar-refractivity contribution in [3.05, 3.63) is 11.6 Å². The van der Waals surface area contributed by atoms with E-state index in [0.29, 0.717) is 24.7 Å². The van der Waals surface area contributed by atoms with E-state index in [1.54, 1.807) is 6.08 Å². The minimum Gasteiger partial charge on any atom is -0.478 e. The molecule has 0 bridgehead atoms. The van der Waals surface area contributed by atoms with Gasteiger partial charge in [0.2, 0.25) is 0 Å². The Kier molecular flexibility index (Phi) is 6.27. The van der Waals surface area contributed by atoms with Crippen molar-refractivity contribution in [3.63, 3.8) is 0 Å². The van der Waals surface area contributed by atoms with Crippen LogP contribution in [0.5, 0.6) is 0 Å². The molecule has 2 atom stereocenters. The number of rotatable bonds is 6. The summed E-state index contributed by atoms with van der Waals surface area (Å²) in [6.45, 7) is 4.52. The summed E-state index contributed by atoms with van der Waals surface area (Å²) in [5, 5.41) is 8.87. The second-order valence-electron chi connectivity index (χ2n) is 4.78. The first-order chi connectivity index (χ1) is 8.17. The fourth-order valence-corrected chi connectivity index (χ4v) is 2.43. The highest BCUT2D eigenvalue weighted by Gasteiger charge is 2.20. The minimum absolute atomic E-state index is 0.330. The van der Waals surface area contributed by atoms with Crippen molar-refractivity contribution in [3.8, 4) is 0 Å². The number of hydrogen-bond donors (Lipinski definition) is 1. The molecule has 0 aromatic carbocycles. The molecule has 0 spiro atoms. The van der Waals surface area contributed by atoms with E-state index in [0.717, 1.165) is 18.8 Å². The molecule has 0 aliphatic heterocycles. The molecule has 2 unspecified atom stereocenters. The van der Waals surface area contributed by atoms with Crippen molar-refractivity contribution in [2.24, 2.45) is 5.92 Å². The van der Waals surface area contributed by atoms with Crippen LogP contribution in [0.15, 0.2) is 11.6 Å². The van der Waals surface area contributed by atoms with Crippen LogP contribution in [0.2, 0.25) is 0 Å². The molecule has 1 aliphatic rings. The van der Waals surface area contributed by atoms with Gasteiger partial charge in [-0.1, -0.05) is 33.1 Å². The van der Waals surface area contributed by atoms with Crippen LogP contribution in [0.1, 0.15) is 52.4 Å². The van der Waals surface area contributed by atoms with E-state index in [2.05, 4.69) is 6.92 Å². The molecule has 1 saturated carbocycles. The van der Waals surface area contributed by atoms with Gasteiger partial charge >= 0.3 is 5.97 Å². The summed E-state index contributed by atoms with van der Waals surface area (Å²) in [6.07, 6.45) is 8.65. The molecule has 3 nitrogen and oxygen atoms in total. The zero-order chi connectivity index (χ0) is 12.7. The summed E-state index contributed by atoms with van der Waals surface area (Å²) >= 11 is 0. The predicted octanol–water partition coefficient (Wildman–Crippen LogP) is 3.39. The van der Waals surface area contributed by atoms with E-state index in [9.17, 15) is 4.79 Å². The number of aliphatic carboxylic acids is 1. The topological polar surface area (TPSA) is 46.5 Å². The Bertz CT molecular complexity index is 271. The van der Waals surface area contributed by atoms with Gasteiger partial charge < -0.3 is 9.84 Å². The third-order valence-corrected chi connectivity index (χ3v) is 3.63. The SMILES string of the molecule is CCC(=CCOC1CCCC(CC)C1)C(=O)O. The Morgan fingerprint density at radius 3 is 2.76 bits per heavy atom. The van der Waals surface area contributed by atoms with Crippen molar-refractivity contribution in [1.29, 1.82) is 0 Å². The zero-order valence-electron chi connectivity index (χ0n) is 10.9. The molecule has 17 heavy (non-hydrogen) atoms. The van der Waals surface area contributed by atoms with E-state index in [4.69, 9.17) is 9.84 Å². The lowest BCUT2D eigenvalue weighted by Gasteiger charge is -2.28. The molecule has 0 aromatic rings. The quantitative estimate of drug-likeness (QED) is 0.724. The Morgan fingerprint density at radius 1 is 1.41 bits per heavy atom. The zero-order valence-corrected chi connectivity index (χ0v) is 10.9. The number of carbonyl (C=O) groups is 1. The third-order valence-electron chi connectivity index (χ3n) is 3.63. The van der Waals surface area contributed by atoms with E-state index in [1.807, 2.05) is 6.92 Å². The molecule has 0 saturated heterocycles. The largest absolute Gasteiger partial charge is 0.478 e. The first-order valence-corrected chi connectivity index (χ1v) is 6.71. The van der Waals surface area contributed by atoms with Crippen molar-refractivity contribution in [2.75, 3.05) is 6.61 Å². The summed E-state index contributed by atoms with van der Waals surface area (Å²) < 4.78 is 5.76. The lowest BCUT2D eigenvalue weighted by molar-refractivity contribution is -0.132. The molecule has 0 heterocycles. The van der Waals surface area contributed by atoms with Crippen LogP contribution < -0.4 is 0 Å². The highest BCUT2D eigenvalue weighted by molar-refractivity contribution is 5.86. The molecule has 1 fully saturated rings. The fraction of sp³-hybridized carbons (Fsp3) is 0.786. The van der Waals surface area contributed by atoms with E-state index >= 15 is 0 Å². The molecule has 1 aliphatic carbocycles. The van der Waals surface area contributed by atoms with Gasteiger partial charge in [0.05, 0.1) is 12.7 Å². The maximum atomic E-state index is 10.8. The summed E-state index contributed by atoms with van der Waals surface area (Å²) in [5.74, 6) is -0.0333. The Morgan fingerprint density at radius 2 is 2.18 bits per heavy atom. The van der Waals surface area contributed by atoms with Gasteiger partial charge in [0.15, 0.2) is 0 Å². The van der Waals surface area contributed by atoms with Crippen molar-refractivity contribution >= 4 is 5.97 Å². The van der Waals surface area contributed by atoms with Gasteiger partial charge in [0, 0.05) is 5.57 Å². The Hall–Kier alpha value is -0.830. The average Bonchev–Trinajstić information content (AvgIpc) is 2.34. The van der Waals surface area contributed by atoms with Gasteiger partial charge in [-0.15, -0.1) is 0 Å². The average molecular weight is 240 g/mol. The van der Waals surface area contributed by atoms with Gasteiger partial charge in [-0.25, -0.2) is 4.79 Å². The number of ether oxygens (including phenoxy) is 1. The third kappa shape index (κ3) is 4.90. The van der Waals surface area contributed by atoms with Gasteiger partial charge in [0.1, 0.15) is 0 Å². The number of hydrogen-bond acceptors (Lipinski definition) is 2. The highest BCUT2D eigenvalue weighted by atomic mass is 16.5. The molecule has 0 aromatic heterocycles. The van der Waals surface area contributed by atoms with Crippen LogP contribution in [0.25, 0.3) is 0 Å². The standard InChI is InChI=1S/C14H24O3/c1-3-11-6-5-7-13(10-11)17-9-8-12(4-2)14(15)16/h8,11,13H,3-7,9-10H2,1-2H3,(H,15,16). The number of carboxylic acids is 1. The monoisotopic (exact) mass is 240 g/mol. The second kappa shape index (κ2) is 7.49. The molecule has 3 heteroatoms. The van der Waals surface area contributed by atoms with Crippen molar-refractivity contribution in [1.82, 2.24) is 0 Å². The summed E-state index contributed by atoms with van der Waals surface area (Å²) in [5.41, 5.74) is 0.452. The van der Waals surface area contributed by atoms with Crippen molar-refractivity contribution < 1.29 is 14.6 Å². The van der Waals surface area contributed by atoms with Gasteiger partial charge in [-0.3, -0.25) is 0 Å². The fourth-order valence-electron chi connectivity index (χ4n) is 2.43. The normalized spacial score (nSPS) is 25.9. The van der Waals surface area contributed by atoms with Crippen LogP contribution >= 0.6 is 0 Å². The van der Waals surface area contributed by atoms with Crippen molar-refractivity contribution in [2.45, 2.75) is 58.5 Å². The van der Waals surface area contributed by atoms with Crippen LogP contribution in [0.4, 0.5) is 0 Å². The first kappa shape index (κ1) is 14.2. The molecular formula is C14H24O3. The lowest BCUT2D eigenvalue weighted by atomic mass is 9.85. The first-order valence-electron chi connectivity index (χ1n) is 6.71.